The molecule has 0 amide bonds. The van der Waals surface area contributed by atoms with Gasteiger partial charge in [0.15, 0.2) is 5.76 Å². The predicted molar refractivity (Wildman–Crippen MR) is 98.4 cm³/mol. The summed E-state index contributed by atoms with van der Waals surface area (Å²) in [6, 6.07) is 17.6. The van der Waals surface area contributed by atoms with Gasteiger partial charge in [0.1, 0.15) is 11.3 Å². The number of rotatable bonds is 5. The minimum atomic E-state index is 0.0499. The van der Waals surface area contributed by atoms with Crippen molar-refractivity contribution in [3.05, 3.63) is 77.5 Å². The molecule has 5 heteroatoms. The zero-order valence-electron chi connectivity index (χ0n) is 13.7. The Morgan fingerprint density at radius 2 is 1.96 bits per heavy atom. The number of fused-ring (bicyclic) bond motifs is 1. The molecule has 4 rings (SSSR count). The highest BCUT2D eigenvalue weighted by atomic mass is 35.5. The Hall–Kier alpha value is -2.56. The normalized spacial score (nSPS) is 12.6. The van der Waals surface area contributed by atoms with Crippen LogP contribution in [0.3, 0.4) is 0 Å². The van der Waals surface area contributed by atoms with Gasteiger partial charge in [-0.2, -0.15) is 0 Å². The van der Waals surface area contributed by atoms with Crippen LogP contribution in [0.1, 0.15) is 24.6 Å². The monoisotopic (exact) mass is 352 g/mol. The summed E-state index contributed by atoms with van der Waals surface area (Å²) in [5, 5.41) is 5.15. The first-order chi connectivity index (χ1) is 12.2. The van der Waals surface area contributed by atoms with Crippen LogP contribution in [0.25, 0.3) is 22.3 Å². The van der Waals surface area contributed by atoms with Gasteiger partial charge in [-0.1, -0.05) is 41.9 Å². The lowest BCUT2D eigenvalue weighted by Gasteiger charge is -2.09. The third-order valence-corrected chi connectivity index (χ3v) is 4.33. The topological polar surface area (TPSA) is 51.2 Å². The number of nitrogens with zero attached hydrogens (tertiary/aromatic N) is 1. The van der Waals surface area contributed by atoms with Gasteiger partial charge >= 0.3 is 0 Å². The first-order valence-electron chi connectivity index (χ1n) is 8.11. The number of para-hydroxylation sites is 1. The summed E-state index contributed by atoms with van der Waals surface area (Å²) in [7, 11) is 0. The fourth-order valence-corrected chi connectivity index (χ4v) is 2.91. The molecule has 2 aromatic heterocycles. The van der Waals surface area contributed by atoms with E-state index in [1.54, 1.807) is 6.20 Å². The molecule has 0 fully saturated rings. The third kappa shape index (κ3) is 3.45. The van der Waals surface area contributed by atoms with E-state index in [1.807, 2.05) is 48.5 Å². The zero-order valence-corrected chi connectivity index (χ0v) is 14.5. The number of nitrogens with one attached hydrogen (secondary N) is 1. The van der Waals surface area contributed by atoms with Crippen molar-refractivity contribution in [3.8, 4) is 11.3 Å². The molecule has 0 aliphatic carbocycles. The van der Waals surface area contributed by atoms with Gasteiger partial charge in [-0.15, -0.1) is 0 Å². The Bertz CT molecular complexity index is 973. The molecule has 2 heterocycles. The largest absolute Gasteiger partial charge is 0.459 e. The first kappa shape index (κ1) is 15.9. The fraction of sp³-hybridized carbons (Fsp3) is 0.150. The molecule has 0 radical (unpaired) electrons. The SMILES string of the molecule is CC(NCc1ncc(-c2cccc(Cl)c2)o1)c1cc2ccccc2o1. The summed E-state index contributed by atoms with van der Waals surface area (Å²) < 4.78 is 11.7. The van der Waals surface area contributed by atoms with Crippen molar-refractivity contribution in [1.82, 2.24) is 10.3 Å². The predicted octanol–water partition coefficient (Wildman–Crippen LogP) is 5.59. The quantitative estimate of drug-likeness (QED) is 0.508. The molecule has 0 aliphatic rings. The van der Waals surface area contributed by atoms with E-state index in [4.69, 9.17) is 20.4 Å². The van der Waals surface area contributed by atoms with Crippen molar-refractivity contribution in [2.24, 2.45) is 0 Å². The number of hydrogen-bond donors (Lipinski definition) is 1. The molecule has 0 aliphatic heterocycles. The zero-order chi connectivity index (χ0) is 17.2. The van der Waals surface area contributed by atoms with Crippen LogP contribution in [0, 0.1) is 0 Å². The van der Waals surface area contributed by atoms with E-state index in [9.17, 15) is 0 Å². The highest BCUT2D eigenvalue weighted by Crippen LogP contribution is 2.25. The van der Waals surface area contributed by atoms with Gasteiger partial charge in [0, 0.05) is 16.0 Å². The van der Waals surface area contributed by atoms with Crippen LogP contribution in [0.5, 0.6) is 0 Å². The fourth-order valence-electron chi connectivity index (χ4n) is 2.72. The second-order valence-corrected chi connectivity index (χ2v) is 6.35. The van der Waals surface area contributed by atoms with E-state index in [-0.39, 0.29) is 6.04 Å². The number of oxazole rings is 1. The van der Waals surface area contributed by atoms with Crippen molar-refractivity contribution in [2.75, 3.05) is 0 Å². The van der Waals surface area contributed by atoms with E-state index in [0.717, 1.165) is 22.3 Å². The van der Waals surface area contributed by atoms with Gasteiger partial charge in [0.05, 0.1) is 18.8 Å². The number of furan rings is 1. The van der Waals surface area contributed by atoms with Crippen molar-refractivity contribution in [1.29, 1.82) is 0 Å². The second-order valence-electron chi connectivity index (χ2n) is 5.92. The number of benzene rings is 2. The molecule has 0 saturated heterocycles. The Morgan fingerprint density at radius 3 is 2.80 bits per heavy atom. The highest BCUT2D eigenvalue weighted by molar-refractivity contribution is 6.30. The summed E-state index contributed by atoms with van der Waals surface area (Å²) >= 11 is 6.02. The molecule has 0 saturated carbocycles. The van der Waals surface area contributed by atoms with Gasteiger partial charge < -0.3 is 8.83 Å². The number of halogens is 1. The standard InChI is InChI=1S/C20H17ClN2O2/c1-13(18-10-15-5-2-3-8-17(15)24-18)22-12-20-23-11-19(25-20)14-6-4-7-16(21)9-14/h2-11,13,22H,12H2,1H3. The molecule has 25 heavy (non-hydrogen) atoms. The summed E-state index contributed by atoms with van der Waals surface area (Å²) in [4.78, 5) is 4.33. The molecule has 4 nitrogen and oxygen atoms in total. The minimum absolute atomic E-state index is 0.0499. The van der Waals surface area contributed by atoms with Gasteiger partial charge in [0.25, 0.3) is 0 Å². The van der Waals surface area contributed by atoms with Gasteiger partial charge in [-0.25, -0.2) is 4.98 Å². The maximum absolute atomic E-state index is 6.02. The van der Waals surface area contributed by atoms with Gasteiger partial charge in [-0.05, 0) is 31.2 Å². The number of aromatic nitrogens is 1. The van der Waals surface area contributed by atoms with E-state index in [1.165, 1.54) is 0 Å². The molecule has 1 unspecified atom stereocenters. The lowest BCUT2D eigenvalue weighted by Crippen LogP contribution is -2.17. The van der Waals surface area contributed by atoms with Gasteiger partial charge in [0.2, 0.25) is 5.89 Å². The highest BCUT2D eigenvalue weighted by Gasteiger charge is 2.13. The van der Waals surface area contributed by atoms with Crippen LogP contribution in [-0.4, -0.2) is 4.98 Å². The van der Waals surface area contributed by atoms with E-state index >= 15 is 0 Å². The maximum Gasteiger partial charge on any atom is 0.208 e. The molecule has 0 bridgehead atoms. The van der Waals surface area contributed by atoms with Crippen molar-refractivity contribution in [2.45, 2.75) is 19.5 Å². The summed E-state index contributed by atoms with van der Waals surface area (Å²) in [5.74, 6) is 2.22. The average molecular weight is 353 g/mol. The summed E-state index contributed by atoms with van der Waals surface area (Å²) in [6.45, 7) is 2.57. The van der Waals surface area contributed by atoms with Crippen molar-refractivity contribution in [3.63, 3.8) is 0 Å². The van der Waals surface area contributed by atoms with Crippen molar-refractivity contribution >= 4 is 22.6 Å². The molecule has 0 spiro atoms. The average Bonchev–Trinajstić information content (AvgIpc) is 3.26. The van der Waals surface area contributed by atoms with E-state index in [2.05, 4.69) is 23.3 Å². The smallest absolute Gasteiger partial charge is 0.208 e. The number of hydrogen-bond acceptors (Lipinski definition) is 4. The van der Waals surface area contributed by atoms with Gasteiger partial charge in [-0.3, -0.25) is 5.32 Å². The lowest BCUT2D eigenvalue weighted by atomic mass is 10.2. The Labute approximate surface area is 150 Å². The summed E-state index contributed by atoms with van der Waals surface area (Å²) in [6.07, 6.45) is 1.72. The van der Waals surface area contributed by atoms with Crippen LogP contribution in [0.2, 0.25) is 5.02 Å². The Morgan fingerprint density at radius 1 is 1.08 bits per heavy atom. The van der Waals surface area contributed by atoms with Crippen LogP contribution in [0.15, 0.2) is 69.6 Å². The minimum Gasteiger partial charge on any atom is -0.459 e. The van der Waals surface area contributed by atoms with Crippen LogP contribution in [0.4, 0.5) is 0 Å². The first-order valence-corrected chi connectivity index (χ1v) is 8.49. The van der Waals surface area contributed by atoms with Crippen LogP contribution < -0.4 is 5.32 Å². The van der Waals surface area contributed by atoms with E-state index in [0.29, 0.717) is 23.2 Å². The van der Waals surface area contributed by atoms with Crippen LogP contribution >= 0.6 is 11.6 Å². The second kappa shape index (κ2) is 6.75. The van der Waals surface area contributed by atoms with Crippen molar-refractivity contribution < 1.29 is 8.83 Å². The lowest BCUT2D eigenvalue weighted by molar-refractivity contribution is 0.414. The molecular formula is C20H17ClN2O2. The molecule has 1 N–H and O–H groups in total. The molecule has 2 aromatic carbocycles. The molecule has 126 valence electrons. The molecule has 4 aromatic rings. The van der Waals surface area contributed by atoms with E-state index < -0.39 is 0 Å². The maximum atomic E-state index is 6.02. The Balaban J connectivity index is 1.44. The van der Waals surface area contributed by atoms with Crippen LogP contribution in [-0.2, 0) is 6.54 Å². The third-order valence-electron chi connectivity index (χ3n) is 4.09. The molecule has 1 atom stereocenters. The Kier molecular flexibility index (Phi) is 4.30. The summed E-state index contributed by atoms with van der Waals surface area (Å²) in [5.41, 5.74) is 1.81. The molecular weight excluding hydrogens is 336 g/mol.